The highest BCUT2D eigenvalue weighted by atomic mass is 35.5. The van der Waals surface area contributed by atoms with Crippen molar-refractivity contribution in [2.75, 3.05) is 17.4 Å². The molecule has 0 radical (unpaired) electrons. The van der Waals surface area contributed by atoms with E-state index in [0.29, 0.717) is 23.6 Å². The van der Waals surface area contributed by atoms with E-state index in [9.17, 15) is 22.4 Å². The van der Waals surface area contributed by atoms with Crippen LogP contribution in [0.4, 0.5) is 10.1 Å². The van der Waals surface area contributed by atoms with Gasteiger partial charge in [0, 0.05) is 18.1 Å². The first-order valence-corrected chi connectivity index (χ1v) is 15.1. The summed E-state index contributed by atoms with van der Waals surface area (Å²) >= 11 is 6.35. The predicted octanol–water partition coefficient (Wildman–Crippen LogP) is 5.71. The number of unbranched alkanes of at least 4 members (excludes halogenated alkanes) is 1. The number of sulfonamides is 1. The first-order valence-electron chi connectivity index (χ1n) is 13.2. The van der Waals surface area contributed by atoms with Gasteiger partial charge in [0.2, 0.25) is 11.8 Å². The van der Waals surface area contributed by atoms with E-state index in [2.05, 4.69) is 5.32 Å². The van der Waals surface area contributed by atoms with Crippen LogP contribution in [0, 0.1) is 12.7 Å². The molecule has 214 valence electrons. The van der Waals surface area contributed by atoms with Gasteiger partial charge in [0.1, 0.15) is 18.4 Å². The SMILES string of the molecule is CCCCNC(=O)C(CC)N(Cc1ccc(F)cc1)C(=O)CN(c1ccc(C)c(Cl)c1)S(=O)(=O)c1ccccc1. The minimum Gasteiger partial charge on any atom is -0.354 e. The molecule has 0 spiro atoms. The molecule has 0 saturated carbocycles. The molecule has 1 unspecified atom stereocenters. The van der Waals surface area contributed by atoms with Crippen molar-refractivity contribution in [1.29, 1.82) is 0 Å². The van der Waals surface area contributed by atoms with E-state index >= 15 is 0 Å². The van der Waals surface area contributed by atoms with E-state index < -0.39 is 34.3 Å². The molecule has 1 atom stereocenters. The number of benzene rings is 3. The average molecular weight is 588 g/mol. The number of hydrogen-bond donors (Lipinski definition) is 1. The van der Waals surface area contributed by atoms with Crippen LogP contribution in [-0.4, -0.2) is 44.3 Å². The van der Waals surface area contributed by atoms with E-state index in [-0.39, 0.29) is 23.0 Å². The van der Waals surface area contributed by atoms with E-state index in [1.54, 1.807) is 44.2 Å². The largest absolute Gasteiger partial charge is 0.354 e. The van der Waals surface area contributed by atoms with E-state index in [1.165, 1.54) is 47.4 Å². The van der Waals surface area contributed by atoms with Gasteiger partial charge in [0.15, 0.2) is 0 Å². The lowest BCUT2D eigenvalue weighted by Crippen LogP contribution is -2.52. The van der Waals surface area contributed by atoms with Crippen LogP contribution in [0.15, 0.2) is 77.7 Å². The molecule has 0 bridgehead atoms. The van der Waals surface area contributed by atoms with Gasteiger partial charge in [-0.1, -0.05) is 68.3 Å². The summed E-state index contributed by atoms with van der Waals surface area (Å²) in [5.41, 5.74) is 1.57. The molecule has 0 aliphatic heterocycles. The lowest BCUT2D eigenvalue weighted by Gasteiger charge is -2.33. The fourth-order valence-corrected chi connectivity index (χ4v) is 5.80. The van der Waals surface area contributed by atoms with Crippen molar-refractivity contribution in [2.45, 2.75) is 57.5 Å². The summed E-state index contributed by atoms with van der Waals surface area (Å²) < 4.78 is 42.2. The Hall–Kier alpha value is -3.43. The molecule has 40 heavy (non-hydrogen) atoms. The molecule has 10 heteroatoms. The van der Waals surface area contributed by atoms with Crippen LogP contribution in [0.5, 0.6) is 0 Å². The maximum absolute atomic E-state index is 14.0. The number of rotatable bonds is 13. The van der Waals surface area contributed by atoms with Crippen molar-refractivity contribution in [3.8, 4) is 0 Å². The number of anilines is 1. The topological polar surface area (TPSA) is 86.8 Å². The maximum Gasteiger partial charge on any atom is 0.264 e. The summed E-state index contributed by atoms with van der Waals surface area (Å²) in [5, 5.41) is 3.23. The molecule has 0 aliphatic carbocycles. The van der Waals surface area contributed by atoms with Gasteiger partial charge in [-0.3, -0.25) is 13.9 Å². The number of aryl methyl sites for hydroxylation is 1. The molecular formula is C30H35ClFN3O4S. The molecule has 3 aromatic rings. The second-order valence-electron chi connectivity index (χ2n) is 9.47. The molecule has 3 aromatic carbocycles. The summed E-state index contributed by atoms with van der Waals surface area (Å²) in [5.74, 6) is -1.34. The minimum absolute atomic E-state index is 0.00725. The van der Waals surface area contributed by atoms with Crippen molar-refractivity contribution < 1.29 is 22.4 Å². The van der Waals surface area contributed by atoms with Gasteiger partial charge in [-0.15, -0.1) is 0 Å². The fraction of sp³-hybridized carbons (Fsp3) is 0.333. The van der Waals surface area contributed by atoms with Gasteiger partial charge in [-0.05, 0) is 67.3 Å². The van der Waals surface area contributed by atoms with Crippen LogP contribution < -0.4 is 9.62 Å². The number of nitrogens with zero attached hydrogens (tertiary/aromatic N) is 2. The van der Waals surface area contributed by atoms with Gasteiger partial charge in [0.25, 0.3) is 10.0 Å². The lowest BCUT2D eigenvalue weighted by atomic mass is 10.1. The third-order valence-corrected chi connectivity index (χ3v) is 8.73. The number of nitrogens with one attached hydrogen (secondary N) is 1. The molecule has 0 saturated heterocycles. The molecule has 0 heterocycles. The Morgan fingerprint density at radius 1 is 1.00 bits per heavy atom. The molecular weight excluding hydrogens is 553 g/mol. The van der Waals surface area contributed by atoms with Gasteiger partial charge in [0.05, 0.1) is 10.6 Å². The third kappa shape index (κ3) is 7.82. The number of carbonyl (C=O) groups excluding carboxylic acids is 2. The van der Waals surface area contributed by atoms with E-state index in [4.69, 9.17) is 11.6 Å². The van der Waals surface area contributed by atoms with Crippen LogP contribution >= 0.6 is 11.6 Å². The third-order valence-electron chi connectivity index (χ3n) is 6.54. The smallest absolute Gasteiger partial charge is 0.264 e. The van der Waals surface area contributed by atoms with E-state index in [1.807, 2.05) is 6.92 Å². The van der Waals surface area contributed by atoms with Crippen LogP contribution in [0.25, 0.3) is 0 Å². The van der Waals surface area contributed by atoms with Crippen molar-refractivity contribution in [3.05, 3.63) is 94.8 Å². The van der Waals surface area contributed by atoms with Crippen molar-refractivity contribution in [1.82, 2.24) is 10.2 Å². The van der Waals surface area contributed by atoms with Crippen molar-refractivity contribution in [2.24, 2.45) is 0 Å². The summed E-state index contributed by atoms with van der Waals surface area (Å²) in [4.78, 5) is 28.5. The molecule has 7 nitrogen and oxygen atoms in total. The van der Waals surface area contributed by atoms with Crippen LogP contribution in [-0.2, 0) is 26.2 Å². The highest BCUT2D eigenvalue weighted by Crippen LogP contribution is 2.28. The monoisotopic (exact) mass is 587 g/mol. The first-order chi connectivity index (χ1) is 19.1. The number of halogens is 2. The second-order valence-corrected chi connectivity index (χ2v) is 11.7. The fourth-order valence-electron chi connectivity index (χ4n) is 4.20. The molecule has 0 aromatic heterocycles. The summed E-state index contributed by atoms with van der Waals surface area (Å²) in [6, 6.07) is 17.4. The standard InChI is InChI=1S/C30H35ClFN3O4S/c1-4-6-18-33-30(37)28(5-2)34(20-23-13-15-24(32)16-14-23)29(36)21-35(25-17-12-22(3)27(31)19-25)40(38,39)26-10-8-7-9-11-26/h7-17,19,28H,4-6,18,20-21H2,1-3H3,(H,33,37). The first kappa shape index (κ1) is 31.1. The molecule has 2 amide bonds. The van der Waals surface area contributed by atoms with Crippen LogP contribution in [0.2, 0.25) is 5.02 Å². The molecule has 3 rings (SSSR count). The highest BCUT2D eigenvalue weighted by molar-refractivity contribution is 7.92. The van der Waals surface area contributed by atoms with Crippen molar-refractivity contribution >= 4 is 39.1 Å². The van der Waals surface area contributed by atoms with Crippen LogP contribution in [0.3, 0.4) is 0 Å². The minimum atomic E-state index is -4.18. The van der Waals surface area contributed by atoms with Gasteiger partial charge >= 0.3 is 0 Å². The van der Waals surface area contributed by atoms with Gasteiger partial charge in [-0.25, -0.2) is 12.8 Å². The summed E-state index contributed by atoms with van der Waals surface area (Å²) in [6.45, 7) is 5.46. The zero-order valence-corrected chi connectivity index (χ0v) is 24.5. The number of amides is 2. The maximum atomic E-state index is 14.0. The Kier molecular flexibility index (Phi) is 11.1. The normalized spacial score (nSPS) is 12.0. The van der Waals surface area contributed by atoms with Gasteiger partial charge < -0.3 is 10.2 Å². The Labute approximate surface area is 241 Å². The number of hydrogen-bond acceptors (Lipinski definition) is 4. The Morgan fingerprint density at radius 2 is 1.68 bits per heavy atom. The number of carbonyl (C=O) groups is 2. The predicted molar refractivity (Wildman–Crippen MR) is 156 cm³/mol. The summed E-state index contributed by atoms with van der Waals surface area (Å²) in [7, 11) is -4.18. The Morgan fingerprint density at radius 3 is 2.27 bits per heavy atom. The molecule has 1 N–H and O–H groups in total. The van der Waals surface area contributed by atoms with Crippen LogP contribution in [0.1, 0.15) is 44.2 Å². The molecule has 0 fully saturated rings. The summed E-state index contributed by atoms with van der Waals surface area (Å²) in [6.07, 6.45) is 1.97. The molecule has 0 aliphatic rings. The highest BCUT2D eigenvalue weighted by Gasteiger charge is 2.33. The van der Waals surface area contributed by atoms with E-state index in [0.717, 1.165) is 22.7 Å². The second kappa shape index (κ2) is 14.3. The van der Waals surface area contributed by atoms with Crippen molar-refractivity contribution in [3.63, 3.8) is 0 Å². The quantitative estimate of drug-likeness (QED) is 0.260. The zero-order valence-electron chi connectivity index (χ0n) is 22.9. The Bertz CT molecular complexity index is 1400. The Balaban J connectivity index is 2.04. The van der Waals surface area contributed by atoms with Gasteiger partial charge in [-0.2, -0.15) is 0 Å². The zero-order chi connectivity index (χ0) is 29.3. The lowest BCUT2D eigenvalue weighted by molar-refractivity contribution is -0.140. The average Bonchev–Trinajstić information content (AvgIpc) is 2.94.